The van der Waals surface area contributed by atoms with Crippen molar-refractivity contribution in [3.05, 3.63) is 66.8 Å². The molecule has 0 aromatic heterocycles. The summed E-state index contributed by atoms with van der Waals surface area (Å²) in [6, 6.07) is 4.32. The standard InChI is InChI=1S/C13H13NO3.C12H15N/c1-7-4-8-6-11-9(2-3-12(11)15)13(14(16)17)10(8)5-7;13-12-10-5-1-3-8(10)7-9-4-2-6-11(9)12/h6-7H,2-5H2,1H3;7H,1-6,13H2. The summed E-state index contributed by atoms with van der Waals surface area (Å²) in [6.07, 6.45) is 10.2. The number of Topliss-reactive ketones (excluding diaryl/α,β-unsaturated/α-hetero) is 1. The Hall–Kier alpha value is -2.69. The molecular formula is C25H28N2O3. The molecule has 4 aliphatic carbocycles. The van der Waals surface area contributed by atoms with E-state index in [9.17, 15) is 14.9 Å². The average molecular weight is 405 g/mol. The van der Waals surface area contributed by atoms with E-state index in [-0.39, 0.29) is 16.4 Å². The minimum Gasteiger partial charge on any atom is -0.398 e. The van der Waals surface area contributed by atoms with Gasteiger partial charge in [-0.15, -0.1) is 0 Å². The van der Waals surface area contributed by atoms with Gasteiger partial charge in [-0.3, -0.25) is 14.9 Å². The summed E-state index contributed by atoms with van der Waals surface area (Å²) in [6.45, 7) is 2.09. The molecule has 0 bridgehead atoms. The molecular weight excluding hydrogens is 376 g/mol. The van der Waals surface area contributed by atoms with E-state index in [0.29, 0.717) is 29.9 Å². The lowest BCUT2D eigenvalue weighted by Gasteiger charge is -2.10. The van der Waals surface area contributed by atoms with Gasteiger partial charge in [0.2, 0.25) is 0 Å². The SMILES string of the molecule is CC1Cc2cc3c(c([N+](=O)[O-])c2C1)CCC3=O.Nc1c2c(cc3c1CCC3)CCC2. The van der Waals surface area contributed by atoms with Gasteiger partial charge in [0.1, 0.15) is 0 Å². The van der Waals surface area contributed by atoms with Gasteiger partial charge in [0.05, 0.1) is 4.92 Å². The molecule has 30 heavy (non-hydrogen) atoms. The van der Waals surface area contributed by atoms with Crippen LogP contribution < -0.4 is 5.73 Å². The van der Waals surface area contributed by atoms with Gasteiger partial charge in [-0.05, 0) is 97.6 Å². The van der Waals surface area contributed by atoms with Crippen molar-refractivity contribution < 1.29 is 9.72 Å². The first-order valence-corrected chi connectivity index (χ1v) is 11.2. The smallest absolute Gasteiger partial charge is 0.276 e. The zero-order valence-electron chi connectivity index (χ0n) is 17.6. The zero-order chi connectivity index (χ0) is 21.0. The summed E-state index contributed by atoms with van der Waals surface area (Å²) in [5.74, 6) is 0.506. The van der Waals surface area contributed by atoms with Gasteiger partial charge in [0.25, 0.3) is 5.69 Å². The fraction of sp³-hybridized carbons (Fsp3) is 0.480. The molecule has 0 saturated heterocycles. The molecule has 1 atom stereocenters. The Morgan fingerprint density at radius 1 is 0.867 bits per heavy atom. The number of ketones is 1. The van der Waals surface area contributed by atoms with Gasteiger partial charge in [-0.25, -0.2) is 0 Å². The molecule has 2 aromatic carbocycles. The van der Waals surface area contributed by atoms with Gasteiger partial charge < -0.3 is 5.73 Å². The van der Waals surface area contributed by atoms with Crippen LogP contribution in [0.3, 0.4) is 0 Å². The predicted molar refractivity (Wildman–Crippen MR) is 117 cm³/mol. The monoisotopic (exact) mass is 404 g/mol. The van der Waals surface area contributed by atoms with E-state index in [1.807, 2.05) is 6.07 Å². The topological polar surface area (TPSA) is 86.2 Å². The van der Waals surface area contributed by atoms with Crippen molar-refractivity contribution in [3.63, 3.8) is 0 Å². The Bertz CT molecular complexity index is 1050. The van der Waals surface area contributed by atoms with Crippen molar-refractivity contribution in [1.29, 1.82) is 0 Å². The first kappa shape index (κ1) is 19.3. The normalized spacial score (nSPS) is 20.3. The second-order valence-electron chi connectivity index (χ2n) is 9.36. The summed E-state index contributed by atoms with van der Waals surface area (Å²) in [4.78, 5) is 22.6. The molecule has 0 radical (unpaired) electrons. The van der Waals surface area contributed by atoms with Crippen LogP contribution in [0.2, 0.25) is 0 Å². The Morgan fingerprint density at radius 2 is 1.53 bits per heavy atom. The zero-order valence-corrected chi connectivity index (χ0v) is 17.6. The van der Waals surface area contributed by atoms with Crippen molar-refractivity contribution in [2.75, 3.05) is 5.73 Å². The number of nitrogens with zero attached hydrogens (tertiary/aromatic N) is 1. The number of nitrogen functional groups attached to an aromatic ring is 1. The maximum absolute atomic E-state index is 11.7. The molecule has 156 valence electrons. The van der Waals surface area contributed by atoms with Gasteiger partial charge >= 0.3 is 0 Å². The Balaban J connectivity index is 0.000000133. The Morgan fingerprint density at radius 3 is 2.17 bits per heavy atom. The summed E-state index contributed by atoms with van der Waals surface area (Å²) < 4.78 is 0. The van der Waals surface area contributed by atoms with Crippen LogP contribution in [0.25, 0.3) is 0 Å². The fourth-order valence-corrected chi connectivity index (χ4v) is 5.97. The molecule has 0 heterocycles. The summed E-state index contributed by atoms with van der Waals surface area (Å²) in [5, 5.41) is 11.2. The summed E-state index contributed by atoms with van der Waals surface area (Å²) in [5.41, 5.74) is 16.7. The number of fused-ring (bicyclic) bond motifs is 4. The lowest BCUT2D eigenvalue weighted by molar-refractivity contribution is -0.386. The van der Waals surface area contributed by atoms with Gasteiger partial charge in [0.15, 0.2) is 5.78 Å². The molecule has 1 unspecified atom stereocenters. The molecule has 2 aromatic rings. The Kier molecular flexibility index (Phi) is 4.64. The van der Waals surface area contributed by atoms with Gasteiger partial charge in [-0.2, -0.15) is 0 Å². The van der Waals surface area contributed by atoms with E-state index < -0.39 is 0 Å². The van der Waals surface area contributed by atoms with Crippen molar-refractivity contribution in [1.82, 2.24) is 0 Å². The number of nitro groups is 1. The van der Waals surface area contributed by atoms with Gasteiger partial charge in [-0.1, -0.05) is 13.0 Å². The number of anilines is 1. The molecule has 0 amide bonds. The van der Waals surface area contributed by atoms with Crippen LogP contribution >= 0.6 is 0 Å². The molecule has 6 rings (SSSR count). The summed E-state index contributed by atoms with van der Waals surface area (Å²) >= 11 is 0. The number of nitrogens with two attached hydrogens (primary N) is 1. The molecule has 5 nitrogen and oxygen atoms in total. The minimum atomic E-state index is -0.297. The third kappa shape index (κ3) is 3.03. The average Bonchev–Trinajstić information content (AvgIpc) is 3.47. The number of hydrogen-bond acceptors (Lipinski definition) is 4. The van der Waals surface area contributed by atoms with Crippen LogP contribution in [-0.4, -0.2) is 10.7 Å². The number of nitro benzene ring substituents is 1. The van der Waals surface area contributed by atoms with Crippen LogP contribution in [0.1, 0.15) is 75.5 Å². The van der Waals surface area contributed by atoms with Crippen LogP contribution in [0, 0.1) is 16.0 Å². The molecule has 0 fully saturated rings. The van der Waals surface area contributed by atoms with E-state index >= 15 is 0 Å². The highest BCUT2D eigenvalue weighted by Crippen LogP contribution is 2.41. The number of aryl methyl sites for hydroxylation is 2. The Labute approximate surface area is 176 Å². The molecule has 4 aliphatic rings. The van der Waals surface area contributed by atoms with Crippen molar-refractivity contribution in [2.45, 2.75) is 71.1 Å². The van der Waals surface area contributed by atoms with E-state index in [2.05, 4.69) is 13.0 Å². The number of benzene rings is 2. The fourth-order valence-electron chi connectivity index (χ4n) is 5.97. The number of hydrogen-bond donors (Lipinski definition) is 1. The van der Waals surface area contributed by atoms with E-state index in [4.69, 9.17) is 5.73 Å². The molecule has 2 N–H and O–H groups in total. The molecule has 0 spiro atoms. The molecule has 5 heteroatoms. The van der Waals surface area contributed by atoms with Crippen LogP contribution in [-0.2, 0) is 44.9 Å². The number of carbonyl (C=O) groups is 1. The van der Waals surface area contributed by atoms with Crippen molar-refractivity contribution in [2.24, 2.45) is 5.92 Å². The van der Waals surface area contributed by atoms with E-state index in [1.54, 1.807) is 0 Å². The maximum Gasteiger partial charge on any atom is 0.276 e. The predicted octanol–water partition coefficient (Wildman–Crippen LogP) is 4.70. The first-order chi connectivity index (χ1) is 14.4. The van der Waals surface area contributed by atoms with Crippen LogP contribution in [0.15, 0.2) is 12.1 Å². The lowest BCUT2D eigenvalue weighted by Crippen LogP contribution is -2.02. The highest BCUT2D eigenvalue weighted by Gasteiger charge is 2.35. The third-order valence-corrected chi connectivity index (χ3v) is 7.33. The molecule has 0 saturated carbocycles. The largest absolute Gasteiger partial charge is 0.398 e. The quantitative estimate of drug-likeness (QED) is 0.424. The highest BCUT2D eigenvalue weighted by molar-refractivity contribution is 6.02. The number of rotatable bonds is 1. The van der Waals surface area contributed by atoms with Crippen LogP contribution in [0.4, 0.5) is 11.4 Å². The molecule has 0 aliphatic heterocycles. The minimum absolute atomic E-state index is 0.0606. The summed E-state index contributed by atoms with van der Waals surface area (Å²) in [7, 11) is 0. The second kappa shape index (κ2) is 7.22. The van der Waals surface area contributed by atoms with Gasteiger partial charge in [0, 0.05) is 28.8 Å². The lowest BCUT2D eigenvalue weighted by atomic mass is 9.99. The van der Waals surface area contributed by atoms with E-state index in [1.165, 1.54) is 60.8 Å². The highest BCUT2D eigenvalue weighted by atomic mass is 16.6. The van der Waals surface area contributed by atoms with E-state index in [0.717, 1.165) is 29.7 Å². The van der Waals surface area contributed by atoms with Crippen molar-refractivity contribution in [3.8, 4) is 0 Å². The maximum atomic E-state index is 11.7. The third-order valence-electron chi connectivity index (χ3n) is 7.33. The number of carbonyl (C=O) groups excluding carboxylic acids is 1. The van der Waals surface area contributed by atoms with Crippen LogP contribution in [0.5, 0.6) is 0 Å². The van der Waals surface area contributed by atoms with Crippen molar-refractivity contribution >= 4 is 17.2 Å². The first-order valence-electron chi connectivity index (χ1n) is 11.2. The second-order valence-corrected chi connectivity index (χ2v) is 9.36.